The number of carbonyl (C=O) groups excluding carboxylic acids is 2. The van der Waals surface area contributed by atoms with Crippen LogP contribution in [-0.4, -0.2) is 68.4 Å². The van der Waals surface area contributed by atoms with Gasteiger partial charge in [-0.05, 0) is 45.2 Å². The summed E-state index contributed by atoms with van der Waals surface area (Å²) in [6, 6.07) is -0.149. The van der Waals surface area contributed by atoms with Crippen LogP contribution in [0.5, 0.6) is 0 Å². The number of rotatable bonds is 4. The monoisotopic (exact) mass is 385 g/mol. The van der Waals surface area contributed by atoms with Crippen molar-refractivity contribution in [3.63, 3.8) is 0 Å². The summed E-state index contributed by atoms with van der Waals surface area (Å²) in [6.07, 6.45) is 7.85. The Bertz CT molecular complexity index is 637. The van der Waals surface area contributed by atoms with Crippen molar-refractivity contribution in [1.29, 1.82) is 0 Å². The lowest BCUT2D eigenvalue weighted by atomic mass is 9.88. The third-order valence-corrected chi connectivity index (χ3v) is 8.34. The van der Waals surface area contributed by atoms with Gasteiger partial charge in [0.1, 0.15) is 0 Å². The molecule has 1 aliphatic carbocycles. The highest BCUT2D eigenvalue weighted by molar-refractivity contribution is 7.92. The largest absolute Gasteiger partial charge is 0.350 e. The van der Waals surface area contributed by atoms with Crippen LogP contribution in [0.3, 0.4) is 0 Å². The van der Waals surface area contributed by atoms with Gasteiger partial charge in [0.25, 0.3) is 0 Å². The lowest BCUT2D eigenvalue weighted by molar-refractivity contribution is -0.135. The Morgan fingerprint density at radius 3 is 2.35 bits per heavy atom. The first-order valence-corrected chi connectivity index (χ1v) is 11.7. The van der Waals surface area contributed by atoms with Gasteiger partial charge in [-0.3, -0.25) is 9.59 Å². The number of nitrogens with one attached hydrogen (secondary N) is 2. The molecular weight excluding hydrogens is 354 g/mol. The number of hydrogen-bond acceptors (Lipinski definition) is 5. The quantitative estimate of drug-likeness (QED) is 0.733. The second kappa shape index (κ2) is 7.84. The molecule has 148 valence electrons. The maximum Gasteiger partial charge on any atom is 0.241 e. The zero-order chi connectivity index (χ0) is 18.8. The van der Waals surface area contributed by atoms with Crippen LogP contribution in [0, 0.1) is 5.92 Å². The normalized spacial score (nSPS) is 27.3. The van der Waals surface area contributed by atoms with Crippen LogP contribution in [0.15, 0.2) is 0 Å². The van der Waals surface area contributed by atoms with Gasteiger partial charge >= 0.3 is 0 Å². The smallest absolute Gasteiger partial charge is 0.241 e. The number of likely N-dealkylation sites (tertiary alicyclic amines) is 1. The van der Waals surface area contributed by atoms with Gasteiger partial charge in [-0.15, -0.1) is 0 Å². The molecule has 26 heavy (non-hydrogen) atoms. The molecule has 2 saturated heterocycles. The minimum Gasteiger partial charge on any atom is -0.350 e. The minimum atomic E-state index is -3.51. The summed E-state index contributed by atoms with van der Waals surface area (Å²) in [5, 5.41) is 6.07. The molecule has 2 amide bonds. The third-order valence-electron chi connectivity index (χ3n) is 6.32. The summed E-state index contributed by atoms with van der Waals surface area (Å²) in [7, 11) is -3.51. The molecule has 0 aromatic heterocycles. The Labute approximate surface area is 156 Å². The van der Waals surface area contributed by atoms with Gasteiger partial charge in [-0.1, -0.05) is 19.3 Å². The highest BCUT2D eigenvalue weighted by atomic mass is 32.2. The van der Waals surface area contributed by atoms with E-state index in [1.807, 2.05) is 4.90 Å². The van der Waals surface area contributed by atoms with E-state index in [1.54, 1.807) is 0 Å². The molecule has 0 bridgehead atoms. The van der Waals surface area contributed by atoms with Crippen molar-refractivity contribution < 1.29 is 18.0 Å². The molecule has 0 aromatic carbocycles. The van der Waals surface area contributed by atoms with Crippen LogP contribution >= 0.6 is 0 Å². The van der Waals surface area contributed by atoms with E-state index in [4.69, 9.17) is 0 Å². The predicted octanol–water partition coefficient (Wildman–Crippen LogP) is 0.451. The number of sulfone groups is 1. The molecule has 8 heteroatoms. The zero-order valence-corrected chi connectivity index (χ0v) is 16.4. The Kier molecular flexibility index (Phi) is 5.91. The van der Waals surface area contributed by atoms with Gasteiger partial charge in [0.05, 0.1) is 0 Å². The van der Waals surface area contributed by atoms with Gasteiger partial charge < -0.3 is 15.5 Å². The number of amides is 2. The molecular formula is C18H31N3O4S. The van der Waals surface area contributed by atoms with E-state index in [2.05, 4.69) is 10.6 Å². The molecule has 7 nitrogen and oxygen atoms in total. The number of nitrogens with zero attached hydrogens (tertiary/aromatic N) is 1. The maximum atomic E-state index is 12.9. The summed E-state index contributed by atoms with van der Waals surface area (Å²) >= 11 is 0. The van der Waals surface area contributed by atoms with E-state index in [9.17, 15) is 18.0 Å². The van der Waals surface area contributed by atoms with Crippen molar-refractivity contribution in [2.45, 2.75) is 62.2 Å². The summed E-state index contributed by atoms with van der Waals surface area (Å²) in [4.78, 5) is 27.4. The van der Waals surface area contributed by atoms with Crippen LogP contribution < -0.4 is 10.6 Å². The highest BCUT2D eigenvalue weighted by Crippen LogP contribution is 2.29. The van der Waals surface area contributed by atoms with Gasteiger partial charge in [-0.2, -0.15) is 0 Å². The lowest BCUT2D eigenvalue weighted by Crippen LogP contribution is -2.59. The standard InChI is InChI=1S/C18H31N3O4S/c1-26(24,25)18(8-10-19-11-9-18)17(23)20-15-7-12-21(13-15)16(22)14-5-3-2-4-6-14/h14-15,19H,2-13H2,1H3,(H,20,23). The van der Waals surface area contributed by atoms with E-state index in [-0.39, 0.29) is 17.9 Å². The van der Waals surface area contributed by atoms with Crippen LogP contribution in [-0.2, 0) is 19.4 Å². The predicted molar refractivity (Wildman–Crippen MR) is 99.4 cm³/mol. The van der Waals surface area contributed by atoms with Crippen molar-refractivity contribution in [2.75, 3.05) is 32.4 Å². The van der Waals surface area contributed by atoms with Gasteiger partial charge in [-0.25, -0.2) is 8.42 Å². The van der Waals surface area contributed by atoms with E-state index < -0.39 is 20.5 Å². The van der Waals surface area contributed by atoms with Crippen molar-refractivity contribution in [1.82, 2.24) is 15.5 Å². The molecule has 0 radical (unpaired) electrons. The van der Waals surface area contributed by atoms with E-state index in [0.717, 1.165) is 31.9 Å². The lowest BCUT2D eigenvalue weighted by Gasteiger charge is -2.35. The Morgan fingerprint density at radius 1 is 1.08 bits per heavy atom. The summed E-state index contributed by atoms with van der Waals surface area (Å²) in [5.74, 6) is -0.0513. The van der Waals surface area contributed by atoms with Gasteiger partial charge in [0.2, 0.25) is 11.8 Å². The van der Waals surface area contributed by atoms with E-state index >= 15 is 0 Å². The molecule has 2 N–H and O–H groups in total. The fourth-order valence-electron chi connectivity index (χ4n) is 4.60. The molecule has 1 atom stereocenters. The van der Waals surface area contributed by atoms with E-state index in [0.29, 0.717) is 45.4 Å². The van der Waals surface area contributed by atoms with Crippen LogP contribution in [0.1, 0.15) is 51.4 Å². The van der Waals surface area contributed by atoms with Crippen molar-refractivity contribution in [3.05, 3.63) is 0 Å². The summed E-state index contributed by atoms with van der Waals surface area (Å²) in [6.45, 7) is 2.20. The zero-order valence-electron chi connectivity index (χ0n) is 15.6. The molecule has 1 unspecified atom stereocenters. The molecule has 0 aromatic rings. The van der Waals surface area contributed by atoms with E-state index in [1.165, 1.54) is 6.42 Å². The Balaban J connectivity index is 1.60. The average molecular weight is 386 g/mol. The first-order valence-electron chi connectivity index (χ1n) is 9.83. The Hall–Kier alpha value is -1.15. The number of piperidine rings is 1. The van der Waals surface area contributed by atoms with Crippen LogP contribution in [0.4, 0.5) is 0 Å². The minimum absolute atomic E-state index is 0.130. The molecule has 3 rings (SSSR count). The second-order valence-electron chi connectivity index (χ2n) is 8.09. The fourth-order valence-corrected chi connectivity index (χ4v) is 5.94. The topological polar surface area (TPSA) is 95.6 Å². The van der Waals surface area contributed by atoms with Crippen molar-refractivity contribution >= 4 is 21.7 Å². The SMILES string of the molecule is CS(=O)(=O)C1(C(=O)NC2CCN(C(=O)C3CCCCC3)C2)CCNCC1. The van der Waals surface area contributed by atoms with Crippen molar-refractivity contribution in [3.8, 4) is 0 Å². The maximum absolute atomic E-state index is 12.9. The van der Waals surface area contributed by atoms with Crippen LogP contribution in [0.2, 0.25) is 0 Å². The molecule has 0 spiro atoms. The third kappa shape index (κ3) is 3.91. The van der Waals surface area contributed by atoms with Crippen LogP contribution in [0.25, 0.3) is 0 Å². The first-order chi connectivity index (χ1) is 12.3. The molecule has 1 saturated carbocycles. The fraction of sp³-hybridized carbons (Fsp3) is 0.889. The number of carbonyl (C=O) groups is 2. The molecule has 2 aliphatic heterocycles. The average Bonchev–Trinajstić information content (AvgIpc) is 3.10. The molecule has 2 heterocycles. The van der Waals surface area contributed by atoms with Crippen molar-refractivity contribution in [2.24, 2.45) is 5.92 Å². The molecule has 3 aliphatic rings. The Morgan fingerprint density at radius 2 is 1.73 bits per heavy atom. The number of hydrogen-bond donors (Lipinski definition) is 2. The van der Waals surface area contributed by atoms with Gasteiger partial charge in [0, 0.05) is 31.3 Å². The second-order valence-corrected chi connectivity index (χ2v) is 10.4. The summed E-state index contributed by atoms with van der Waals surface area (Å²) in [5.41, 5.74) is 0. The van der Waals surface area contributed by atoms with Gasteiger partial charge in [0.15, 0.2) is 14.6 Å². The molecule has 3 fully saturated rings. The highest BCUT2D eigenvalue weighted by Gasteiger charge is 2.49. The summed E-state index contributed by atoms with van der Waals surface area (Å²) < 4.78 is 23.4. The first kappa shape index (κ1) is 19.6.